The fourth-order valence-corrected chi connectivity index (χ4v) is 4.73. The summed E-state index contributed by atoms with van der Waals surface area (Å²) in [4.78, 5) is 3.98. The molecule has 2 heterocycles. The van der Waals surface area contributed by atoms with Crippen molar-refractivity contribution in [1.29, 1.82) is 0 Å². The number of aryl methyl sites for hydroxylation is 1. The highest BCUT2D eigenvalue weighted by atomic mass is 32.2. The summed E-state index contributed by atoms with van der Waals surface area (Å²) in [5.74, 6) is 0.151. The third kappa shape index (κ3) is 3.74. The monoisotopic (exact) mass is 365 g/mol. The summed E-state index contributed by atoms with van der Waals surface area (Å²) < 4.78 is 46.0. The Morgan fingerprint density at radius 2 is 2.08 bits per heavy atom. The van der Waals surface area contributed by atoms with Crippen molar-refractivity contribution in [2.45, 2.75) is 30.7 Å². The maximum absolute atomic E-state index is 13.0. The number of anilines is 1. The molecule has 0 saturated carbocycles. The predicted molar refractivity (Wildman–Crippen MR) is 92.2 cm³/mol. The van der Waals surface area contributed by atoms with E-state index < -0.39 is 10.0 Å². The number of sulfonamides is 1. The lowest BCUT2D eigenvalue weighted by Gasteiger charge is -2.24. The Morgan fingerprint density at radius 1 is 1.36 bits per heavy atom. The molecule has 6 nitrogen and oxygen atoms in total. The molecule has 1 aromatic heterocycles. The van der Waals surface area contributed by atoms with Crippen LogP contribution in [-0.4, -0.2) is 36.9 Å². The first-order valence-corrected chi connectivity index (χ1v) is 9.44. The van der Waals surface area contributed by atoms with E-state index in [-0.39, 0.29) is 29.2 Å². The van der Waals surface area contributed by atoms with E-state index in [9.17, 15) is 12.8 Å². The van der Waals surface area contributed by atoms with E-state index >= 15 is 0 Å². The van der Waals surface area contributed by atoms with Gasteiger partial charge in [-0.3, -0.25) is 0 Å². The number of nitrogen functional groups attached to an aromatic ring is 1. The lowest BCUT2D eigenvalue weighted by Crippen LogP contribution is -2.39. The van der Waals surface area contributed by atoms with E-state index in [2.05, 4.69) is 4.98 Å². The Morgan fingerprint density at radius 3 is 2.80 bits per heavy atom. The number of halogens is 1. The van der Waals surface area contributed by atoms with Crippen molar-refractivity contribution in [3.05, 3.63) is 47.9 Å². The molecule has 0 spiro atoms. The van der Waals surface area contributed by atoms with Crippen LogP contribution in [0.15, 0.2) is 41.4 Å². The number of aromatic nitrogens is 1. The van der Waals surface area contributed by atoms with Crippen LogP contribution in [0.2, 0.25) is 0 Å². The van der Waals surface area contributed by atoms with E-state index in [4.69, 9.17) is 10.5 Å². The van der Waals surface area contributed by atoms with Gasteiger partial charge in [0, 0.05) is 12.7 Å². The third-order valence-corrected chi connectivity index (χ3v) is 6.17. The van der Waals surface area contributed by atoms with Gasteiger partial charge >= 0.3 is 0 Å². The van der Waals surface area contributed by atoms with E-state index in [0.29, 0.717) is 18.7 Å². The van der Waals surface area contributed by atoms with Gasteiger partial charge in [0.1, 0.15) is 28.9 Å². The van der Waals surface area contributed by atoms with Crippen molar-refractivity contribution in [3.8, 4) is 5.75 Å². The standard InChI is InChI=1S/C17H20FN3O3S/c1-12-9-16(17(19)20-10-12)25(22,23)21-8-2-3-14(21)11-24-15-6-4-13(18)5-7-15/h4-7,9-10,14H,2-3,8,11H2,1H3,(H2,19,20)/t14-/m1/s1. The molecule has 0 radical (unpaired) electrons. The molecule has 1 aliphatic rings. The molecule has 1 aliphatic heterocycles. The molecule has 2 aromatic rings. The molecule has 0 unspecified atom stereocenters. The van der Waals surface area contributed by atoms with Crippen molar-refractivity contribution in [2.75, 3.05) is 18.9 Å². The lowest BCUT2D eigenvalue weighted by atomic mass is 10.2. The summed E-state index contributed by atoms with van der Waals surface area (Å²) in [6.45, 7) is 2.38. The number of hydrogen-bond acceptors (Lipinski definition) is 5. The maximum atomic E-state index is 13.0. The lowest BCUT2D eigenvalue weighted by molar-refractivity contribution is 0.232. The van der Waals surface area contributed by atoms with Crippen LogP contribution in [0.5, 0.6) is 5.75 Å². The first-order valence-electron chi connectivity index (χ1n) is 8.00. The predicted octanol–water partition coefficient (Wildman–Crippen LogP) is 2.34. The number of benzene rings is 1. The van der Waals surface area contributed by atoms with Gasteiger partial charge in [0.2, 0.25) is 10.0 Å². The molecular weight excluding hydrogens is 345 g/mol. The first kappa shape index (κ1) is 17.6. The van der Waals surface area contributed by atoms with Crippen molar-refractivity contribution in [1.82, 2.24) is 9.29 Å². The van der Waals surface area contributed by atoms with Gasteiger partial charge in [0.15, 0.2) is 0 Å². The first-order chi connectivity index (χ1) is 11.9. The largest absolute Gasteiger partial charge is 0.492 e. The molecule has 134 valence electrons. The summed E-state index contributed by atoms with van der Waals surface area (Å²) in [5, 5.41) is 0. The minimum atomic E-state index is -3.75. The minimum Gasteiger partial charge on any atom is -0.492 e. The molecule has 25 heavy (non-hydrogen) atoms. The van der Waals surface area contributed by atoms with Gasteiger partial charge in [-0.15, -0.1) is 0 Å². The number of nitrogens with two attached hydrogens (primary N) is 1. The Labute approximate surface area is 146 Å². The van der Waals surface area contributed by atoms with E-state index in [1.165, 1.54) is 40.8 Å². The normalized spacial score (nSPS) is 18.4. The van der Waals surface area contributed by atoms with Crippen LogP contribution >= 0.6 is 0 Å². The molecule has 0 amide bonds. The number of nitrogens with zero attached hydrogens (tertiary/aromatic N) is 2. The molecule has 8 heteroatoms. The molecule has 1 fully saturated rings. The smallest absolute Gasteiger partial charge is 0.247 e. The van der Waals surface area contributed by atoms with Gasteiger partial charge in [0.25, 0.3) is 0 Å². The van der Waals surface area contributed by atoms with Crippen LogP contribution in [0.25, 0.3) is 0 Å². The Kier molecular flexibility index (Phi) is 4.91. The van der Waals surface area contributed by atoms with E-state index in [0.717, 1.165) is 12.0 Å². The van der Waals surface area contributed by atoms with Crippen molar-refractivity contribution >= 4 is 15.8 Å². The second-order valence-electron chi connectivity index (χ2n) is 6.07. The zero-order chi connectivity index (χ0) is 18.0. The van der Waals surface area contributed by atoms with Gasteiger partial charge < -0.3 is 10.5 Å². The van der Waals surface area contributed by atoms with E-state index in [1.807, 2.05) is 0 Å². The fourth-order valence-electron chi connectivity index (χ4n) is 2.90. The summed E-state index contributed by atoms with van der Waals surface area (Å²) in [7, 11) is -3.75. The topological polar surface area (TPSA) is 85.5 Å². The van der Waals surface area contributed by atoms with Gasteiger partial charge in [-0.1, -0.05) is 0 Å². The molecule has 1 atom stereocenters. The SMILES string of the molecule is Cc1cnc(N)c(S(=O)(=O)N2CCC[C@@H]2COc2ccc(F)cc2)c1. The zero-order valence-electron chi connectivity index (χ0n) is 13.9. The highest BCUT2D eigenvalue weighted by Crippen LogP contribution is 2.29. The van der Waals surface area contributed by atoms with Gasteiger partial charge in [-0.05, 0) is 55.7 Å². The molecular formula is C17H20FN3O3S. The molecule has 1 aromatic carbocycles. The van der Waals surface area contributed by atoms with Crippen molar-refractivity contribution in [3.63, 3.8) is 0 Å². The second-order valence-corrected chi connectivity index (χ2v) is 7.93. The molecule has 3 rings (SSSR count). The van der Waals surface area contributed by atoms with Crippen LogP contribution < -0.4 is 10.5 Å². The Balaban J connectivity index is 1.78. The maximum Gasteiger partial charge on any atom is 0.247 e. The highest BCUT2D eigenvalue weighted by molar-refractivity contribution is 7.89. The Hall–Kier alpha value is -2.19. The second kappa shape index (κ2) is 6.97. The fraction of sp³-hybridized carbons (Fsp3) is 0.353. The summed E-state index contributed by atoms with van der Waals surface area (Å²) in [6, 6.07) is 6.88. The zero-order valence-corrected chi connectivity index (χ0v) is 14.7. The molecule has 0 bridgehead atoms. The number of hydrogen-bond donors (Lipinski definition) is 1. The van der Waals surface area contributed by atoms with Crippen LogP contribution in [0.3, 0.4) is 0 Å². The number of ether oxygens (including phenoxy) is 1. The highest BCUT2D eigenvalue weighted by Gasteiger charge is 2.37. The van der Waals surface area contributed by atoms with Gasteiger partial charge in [-0.25, -0.2) is 17.8 Å². The third-order valence-electron chi connectivity index (χ3n) is 4.18. The summed E-state index contributed by atoms with van der Waals surface area (Å²) >= 11 is 0. The van der Waals surface area contributed by atoms with E-state index in [1.54, 1.807) is 6.92 Å². The quantitative estimate of drug-likeness (QED) is 0.879. The van der Waals surface area contributed by atoms with Gasteiger partial charge in [0.05, 0.1) is 6.04 Å². The average Bonchev–Trinajstić information content (AvgIpc) is 3.06. The van der Waals surface area contributed by atoms with Crippen LogP contribution in [0, 0.1) is 12.7 Å². The molecule has 0 aliphatic carbocycles. The number of pyridine rings is 1. The van der Waals surface area contributed by atoms with Gasteiger partial charge in [-0.2, -0.15) is 4.31 Å². The molecule has 1 saturated heterocycles. The molecule has 2 N–H and O–H groups in total. The Bertz CT molecular complexity index is 856. The minimum absolute atomic E-state index is 0.00398. The van der Waals surface area contributed by atoms with Crippen LogP contribution in [-0.2, 0) is 10.0 Å². The van der Waals surface area contributed by atoms with Crippen molar-refractivity contribution < 1.29 is 17.5 Å². The summed E-state index contributed by atoms with van der Waals surface area (Å²) in [5.41, 5.74) is 6.51. The van der Waals surface area contributed by atoms with Crippen molar-refractivity contribution in [2.24, 2.45) is 0 Å². The summed E-state index contributed by atoms with van der Waals surface area (Å²) in [6.07, 6.45) is 2.98. The van der Waals surface area contributed by atoms with Crippen LogP contribution in [0.4, 0.5) is 10.2 Å². The average molecular weight is 365 g/mol. The number of rotatable bonds is 5. The van der Waals surface area contributed by atoms with Crippen LogP contribution in [0.1, 0.15) is 18.4 Å².